The van der Waals surface area contributed by atoms with Gasteiger partial charge in [0.15, 0.2) is 0 Å². The van der Waals surface area contributed by atoms with Crippen molar-refractivity contribution in [3.8, 4) is 5.75 Å². The van der Waals surface area contributed by atoms with Gasteiger partial charge in [0, 0.05) is 19.0 Å². The Labute approximate surface area is 136 Å². The highest BCUT2D eigenvalue weighted by atomic mass is 35.5. The maximum atomic E-state index is 12.4. The van der Waals surface area contributed by atoms with E-state index in [-0.39, 0.29) is 36.7 Å². The fourth-order valence-electron chi connectivity index (χ4n) is 2.45. The second kappa shape index (κ2) is 8.00. The first kappa shape index (κ1) is 18.3. The van der Waals surface area contributed by atoms with Crippen molar-refractivity contribution < 1.29 is 14.3 Å². The molecule has 0 aliphatic carbocycles. The van der Waals surface area contributed by atoms with Crippen LogP contribution in [0.5, 0.6) is 5.75 Å². The molecule has 6 nitrogen and oxygen atoms in total. The molecular formula is C15H22ClN3O3. The molecule has 7 heteroatoms. The van der Waals surface area contributed by atoms with Crippen LogP contribution in [0.4, 0.5) is 5.69 Å². The van der Waals surface area contributed by atoms with Crippen molar-refractivity contribution in [2.75, 3.05) is 18.6 Å². The lowest BCUT2D eigenvalue weighted by molar-refractivity contribution is -0.126. The van der Waals surface area contributed by atoms with Gasteiger partial charge in [-0.2, -0.15) is 0 Å². The van der Waals surface area contributed by atoms with Crippen molar-refractivity contribution in [1.82, 2.24) is 5.32 Å². The molecule has 2 amide bonds. The Bertz CT molecular complexity index is 537. The third kappa shape index (κ3) is 4.11. The van der Waals surface area contributed by atoms with Crippen molar-refractivity contribution >= 4 is 29.9 Å². The molecular weight excluding hydrogens is 306 g/mol. The second-order valence-corrected chi connectivity index (χ2v) is 5.25. The molecule has 2 unspecified atom stereocenters. The first-order valence-corrected chi connectivity index (χ1v) is 7.02. The Morgan fingerprint density at radius 3 is 2.82 bits per heavy atom. The number of benzene rings is 1. The smallest absolute Gasteiger partial charge is 0.249 e. The number of amides is 2. The summed E-state index contributed by atoms with van der Waals surface area (Å²) in [7, 11) is 1.57. The van der Waals surface area contributed by atoms with Gasteiger partial charge >= 0.3 is 0 Å². The highest BCUT2D eigenvalue weighted by Crippen LogP contribution is 2.30. The lowest BCUT2D eigenvalue weighted by Crippen LogP contribution is -2.43. The van der Waals surface area contributed by atoms with E-state index in [0.717, 1.165) is 5.69 Å². The Hall–Kier alpha value is -1.79. The molecule has 122 valence electrons. The molecule has 1 aliphatic rings. The number of rotatable bonds is 5. The van der Waals surface area contributed by atoms with Crippen LogP contribution in [-0.4, -0.2) is 37.6 Å². The number of methoxy groups -OCH3 is 1. The fourth-order valence-corrected chi connectivity index (χ4v) is 2.45. The number of halogens is 1. The van der Waals surface area contributed by atoms with Crippen LogP contribution in [0.25, 0.3) is 0 Å². The van der Waals surface area contributed by atoms with E-state index in [1.165, 1.54) is 0 Å². The molecule has 0 bridgehead atoms. The average Bonchev–Trinajstić information content (AvgIpc) is 2.79. The van der Waals surface area contributed by atoms with Gasteiger partial charge in [-0.15, -0.1) is 12.4 Å². The molecule has 1 saturated heterocycles. The number of hydrogen-bond acceptors (Lipinski definition) is 4. The predicted octanol–water partition coefficient (Wildman–Crippen LogP) is 1.08. The molecule has 2 atom stereocenters. The van der Waals surface area contributed by atoms with Crippen molar-refractivity contribution in [2.24, 2.45) is 5.73 Å². The molecule has 3 N–H and O–H groups in total. The molecule has 1 aromatic carbocycles. The minimum absolute atomic E-state index is 0. The van der Waals surface area contributed by atoms with Crippen molar-refractivity contribution in [1.29, 1.82) is 0 Å². The van der Waals surface area contributed by atoms with Crippen molar-refractivity contribution in [2.45, 2.75) is 31.8 Å². The highest BCUT2D eigenvalue weighted by Gasteiger charge is 2.34. The maximum Gasteiger partial charge on any atom is 0.249 e. The minimum Gasteiger partial charge on any atom is -0.495 e. The van der Waals surface area contributed by atoms with Gasteiger partial charge in [-0.1, -0.05) is 12.1 Å². The average molecular weight is 328 g/mol. The molecule has 1 aliphatic heterocycles. The number of para-hydroxylation sites is 2. The van der Waals surface area contributed by atoms with Gasteiger partial charge in [-0.3, -0.25) is 9.59 Å². The molecule has 0 spiro atoms. The molecule has 0 saturated carbocycles. The Balaban J connectivity index is 0.00000242. The second-order valence-electron chi connectivity index (χ2n) is 5.25. The Morgan fingerprint density at radius 2 is 2.18 bits per heavy atom. The molecule has 1 aromatic rings. The van der Waals surface area contributed by atoms with Crippen LogP contribution < -0.4 is 20.7 Å². The van der Waals surface area contributed by atoms with Gasteiger partial charge < -0.3 is 20.7 Å². The lowest BCUT2D eigenvalue weighted by atomic mass is 10.2. The normalized spacial score (nSPS) is 18.6. The summed E-state index contributed by atoms with van der Waals surface area (Å²) in [5, 5.41) is 2.75. The zero-order valence-corrected chi connectivity index (χ0v) is 13.6. The summed E-state index contributed by atoms with van der Waals surface area (Å²) < 4.78 is 5.28. The van der Waals surface area contributed by atoms with Crippen LogP contribution in [-0.2, 0) is 9.59 Å². The summed E-state index contributed by atoms with van der Waals surface area (Å²) in [6, 6.07) is 6.65. The van der Waals surface area contributed by atoms with Crippen LogP contribution in [0.3, 0.4) is 0 Å². The molecule has 1 fully saturated rings. The van der Waals surface area contributed by atoms with E-state index in [9.17, 15) is 9.59 Å². The van der Waals surface area contributed by atoms with Crippen LogP contribution >= 0.6 is 12.4 Å². The van der Waals surface area contributed by atoms with Crippen molar-refractivity contribution in [3.63, 3.8) is 0 Å². The first-order chi connectivity index (χ1) is 10.0. The van der Waals surface area contributed by atoms with E-state index < -0.39 is 6.04 Å². The van der Waals surface area contributed by atoms with E-state index in [2.05, 4.69) is 5.32 Å². The highest BCUT2D eigenvalue weighted by molar-refractivity contribution is 6.02. The number of ether oxygens (including phenoxy) is 1. The number of carbonyl (C=O) groups is 2. The zero-order valence-electron chi connectivity index (χ0n) is 12.7. The quantitative estimate of drug-likeness (QED) is 0.847. The van der Waals surface area contributed by atoms with E-state index in [4.69, 9.17) is 10.5 Å². The fraction of sp³-hybridized carbons (Fsp3) is 0.467. The zero-order chi connectivity index (χ0) is 15.4. The predicted molar refractivity (Wildman–Crippen MR) is 87.4 cm³/mol. The summed E-state index contributed by atoms with van der Waals surface area (Å²) in [5.74, 6) is 0.344. The van der Waals surface area contributed by atoms with Crippen LogP contribution in [0, 0.1) is 0 Å². The van der Waals surface area contributed by atoms with Crippen LogP contribution in [0.2, 0.25) is 0 Å². The third-order valence-electron chi connectivity index (χ3n) is 3.42. The molecule has 1 heterocycles. The number of carbonyl (C=O) groups excluding carboxylic acids is 2. The third-order valence-corrected chi connectivity index (χ3v) is 3.42. The van der Waals surface area contributed by atoms with E-state index in [0.29, 0.717) is 18.7 Å². The number of nitrogens with zero attached hydrogens (tertiary/aromatic N) is 1. The largest absolute Gasteiger partial charge is 0.495 e. The SMILES string of the molecule is COc1ccccc1N1CCC(NC(=O)CC(C)N)C1=O.Cl. The van der Waals surface area contributed by atoms with Crippen molar-refractivity contribution in [3.05, 3.63) is 24.3 Å². The number of nitrogens with two attached hydrogens (primary N) is 1. The van der Waals surface area contributed by atoms with Crippen LogP contribution in [0.15, 0.2) is 24.3 Å². The van der Waals surface area contributed by atoms with Gasteiger partial charge in [0.2, 0.25) is 11.8 Å². The minimum atomic E-state index is -0.485. The summed E-state index contributed by atoms with van der Waals surface area (Å²) in [4.78, 5) is 25.8. The molecule has 22 heavy (non-hydrogen) atoms. The van der Waals surface area contributed by atoms with Gasteiger partial charge in [0.1, 0.15) is 11.8 Å². The van der Waals surface area contributed by atoms with E-state index in [1.54, 1.807) is 18.9 Å². The van der Waals surface area contributed by atoms with E-state index >= 15 is 0 Å². The van der Waals surface area contributed by atoms with Gasteiger partial charge in [-0.05, 0) is 25.5 Å². The number of anilines is 1. The van der Waals surface area contributed by atoms with Crippen LogP contribution in [0.1, 0.15) is 19.8 Å². The summed E-state index contributed by atoms with van der Waals surface area (Å²) >= 11 is 0. The molecule has 2 rings (SSSR count). The topological polar surface area (TPSA) is 84.7 Å². The summed E-state index contributed by atoms with van der Waals surface area (Å²) in [6.07, 6.45) is 0.806. The standard InChI is InChI=1S/C15H21N3O3.ClH/c1-10(16)9-14(19)17-11-7-8-18(15(11)20)12-5-3-4-6-13(12)21-2;/h3-6,10-11H,7-9,16H2,1-2H3,(H,17,19);1H. The number of nitrogens with one attached hydrogen (secondary N) is 1. The maximum absolute atomic E-state index is 12.4. The number of hydrogen-bond donors (Lipinski definition) is 2. The molecule has 0 radical (unpaired) electrons. The Morgan fingerprint density at radius 1 is 1.50 bits per heavy atom. The van der Waals surface area contributed by atoms with E-state index in [1.807, 2.05) is 24.3 Å². The molecule has 0 aromatic heterocycles. The van der Waals surface area contributed by atoms with Gasteiger partial charge in [0.25, 0.3) is 0 Å². The van der Waals surface area contributed by atoms with Gasteiger partial charge in [-0.25, -0.2) is 0 Å². The lowest BCUT2D eigenvalue weighted by Gasteiger charge is -2.19. The summed E-state index contributed by atoms with van der Waals surface area (Å²) in [5.41, 5.74) is 6.32. The Kier molecular flexibility index (Phi) is 6.64. The van der Waals surface area contributed by atoms with Gasteiger partial charge in [0.05, 0.1) is 12.8 Å². The monoisotopic (exact) mass is 327 g/mol. The summed E-state index contributed by atoms with van der Waals surface area (Å²) in [6.45, 7) is 2.32. The first-order valence-electron chi connectivity index (χ1n) is 7.02.